The maximum atomic E-state index is 13.4. The summed E-state index contributed by atoms with van der Waals surface area (Å²) in [5, 5.41) is 2.54. The summed E-state index contributed by atoms with van der Waals surface area (Å²) in [7, 11) is 0. The fraction of sp³-hybridized carbons (Fsp3) is 0.0667. The van der Waals surface area contributed by atoms with E-state index in [1.165, 1.54) is 12.1 Å². The van der Waals surface area contributed by atoms with E-state index in [9.17, 15) is 18.4 Å². The summed E-state index contributed by atoms with van der Waals surface area (Å²) in [6.45, 7) is 0. The molecule has 0 fully saturated rings. The second-order valence-corrected chi connectivity index (χ2v) is 4.18. The number of carbonyl (C=O) groups is 2. The van der Waals surface area contributed by atoms with Gasteiger partial charge in [-0.15, -0.1) is 0 Å². The van der Waals surface area contributed by atoms with E-state index in [1.807, 2.05) is 0 Å². The van der Waals surface area contributed by atoms with Crippen LogP contribution in [0.3, 0.4) is 0 Å². The summed E-state index contributed by atoms with van der Waals surface area (Å²) in [6, 6.07) is 9.91. The SMILES string of the molecule is O=Cc1ccc(NC(=O)Cc2cccc(F)c2F)cc1. The van der Waals surface area contributed by atoms with E-state index in [0.717, 1.165) is 6.07 Å². The molecule has 1 N–H and O–H groups in total. The Hall–Kier alpha value is -2.56. The van der Waals surface area contributed by atoms with E-state index in [1.54, 1.807) is 24.3 Å². The summed E-state index contributed by atoms with van der Waals surface area (Å²) in [5.74, 6) is -2.46. The molecular formula is C15H11F2NO2. The van der Waals surface area contributed by atoms with Gasteiger partial charge in [-0.25, -0.2) is 8.78 Å². The molecular weight excluding hydrogens is 264 g/mol. The predicted octanol–water partition coefficient (Wildman–Crippen LogP) is 2.96. The van der Waals surface area contributed by atoms with Crippen molar-refractivity contribution in [3.8, 4) is 0 Å². The lowest BCUT2D eigenvalue weighted by Gasteiger charge is -2.06. The number of rotatable bonds is 4. The van der Waals surface area contributed by atoms with Crippen molar-refractivity contribution >= 4 is 17.9 Å². The van der Waals surface area contributed by atoms with Gasteiger partial charge < -0.3 is 5.32 Å². The molecule has 2 aromatic rings. The number of anilines is 1. The highest BCUT2D eigenvalue weighted by atomic mass is 19.2. The van der Waals surface area contributed by atoms with E-state index < -0.39 is 17.5 Å². The molecule has 0 aliphatic rings. The fourth-order valence-electron chi connectivity index (χ4n) is 1.71. The van der Waals surface area contributed by atoms with Gasteiger partial charge in [-0.3, -0.25) is 9.59 Å². The molecule has 5 heteroatoms. The van der Waals surface area contributed by atoms with Gasteiger partial charge in [0.2, 0.25) is 5.91 Å². The number of halogens is 2. The average molecular weight is 275 g/mol. The average Bonchev–Trinajstić information content (AvgIpc) is 2.45. The quantitative estimate of drug-likeness (QED) is 0.872. The van der Waals surface area contributed by atoms with Gasteiger partial charge in [-0.2, -0.15) is 0 Å². The van der Waals surface area contributed by atoms with E-state index in [0.29, 0.717) is 17.5 Å². The first-order valence-electron chi connectivity index (χ1n) is 5.88. The second kappa shape index (κ2) is 6.06. The van der Waals surface area contributed by atoms with Gasteiger partial charge in [-0.05, 0) is 30.3 Å². The Morgan fingerprint density at radius 2 is 1.80 bits per heavy atom. The fourth-order valence-corrected chi connectivity index (χ4v) is 1.71. The molecule has 3 nitrogen and oxygen atoms in total. The van der Waals surface area contributed by atoms with Crippen molar-refractivity contribution in [2.45, 2.75) is 6.42 Å². The number of hydrogen-bond acceptors (Lipinski definition) is 2. The van der Waals surface area contributed by atoms with Crippen LogP contribution in [0.5, 0.6) is 0 Å². The normalized spacial score (nSPS) is 10.1. The zero-order chi connectivity index (χ0) is 14.5. The largest absolute Gasteiger partial charge is 0.326 e. The Labute approximate surface area is 114 Å². The molecule has 102 valence electrons. The first-order valence-corrected chi connectivity index (χ1v) is 5.88. The topological polar surface area (TPSA) is 46.2 Å². The van der Waals surface area contributed by atoms with E-state index in [-0.39, 0.29) is 12.0 Å². The van der Waals surface area contributed by atoms with Crippen molar-refractivity contribution < 1.29 is 18.4 Å². The highest BCUT2D eigenvalue weighted by Crippen LogP contribution is 2.13. The minimum Gasteiger partial charge on any atom is -0.326 e. The lowest BCUT2D eigenvalue weighted by atomic mass is 10.1. The summed E-state index contributed by atoms with van der Waals surface area (Å²) >= 11 is 0. The summed E-state index contributed by atoms with van der Waals surface area (Å²) in [5.41, 5.74) is 0.962. The molecule has 0 saturated carbocycles. The highest BCUT2D eigenvalue weighted by Gasteiger charge is 2.11. The third-order valence-electron chi connectivity index (χ3n) is 2.71. The number of benzene rings is 2. The van der Waals surface area contributed by atoms with Crippen LogP contribution in [0.25, 0.3) is 0 Å². The maximum Gasteiger partial charge on any atom is 0.228 e. The first-order chi connectivity index (χ1) is 9.60. The number of nitrogens with one attached hydrogen (secondary N) is 1. The minimum absolute atomic E-state index is 0.00740. The van der Waals surface area contributed by atoms with Crippen molar-refractivity contribution in [3.05, 3.63) is 65.2 Å². The Balaban J connectivity index is 2.05. The summed E-state index contributed by atoms with van der Waals surface area (Å²) < 4.78 is 26.4. The van der Waals surface area contributed by atoms with E-state index in [2.05, 4.69) is 5.32 Å². The lowest BCUT2D eigenvalue weighted by molar-refractivity contribution is -0.115. The van der Waals surface area contributed by atoms with Gasteiger partial charge in [0.25, 0.3) is 0 Å². The Kier molecular flexibility index (Phi) is 4.20. The smallest absolute Gasteiger partial charge is 0.228 e. The van der Waals surface area contributed by atoms with Crippen LogP contribution in [0, 0.1) is 11.6 Å². The molecule has 2 aromatic carbocycles. The van der Waals surface area contributed by atoms with Crippen LogP contribution in [0.4, 0.5) is 14.5 Å². The highest BCUT2D eigenvalue weighted by molar-refractivity contribution is 5.92. The Morgan fingerprint density at radius 1 is 1.10 bits per heavy atom. The molecule has 0 radical (unpaired) electrons. The number of aldehydes is 1. The van der Waals surface area contributed by atoms with Gasteiger partial charge in [0.15, 0.2) is 11.6 Å². The van der Waals surface area contributed by atoms with Gasteiger partial charge in [0, 0.05) is 16.8 Å². The molecule has 0 unspecified atom stereocenters. The van der Waals surface area contributed by atoms with Crippen LogP contribution >= 0.6 is 0 Å². The molecule has 0 aliphatic carbocycles. The van der Waals surface area contributed by atoms with Crippen LogP contribution in [0.1, 0.15) is 15.9 Å². The summed E-state index contributed by atoms with van der Waals surface area (Å²) in [6.07, 6.45) is 0.423. The monoisotopic (exact) mass is 275 g/mol. The first kappa shape index (κ1) is 13.9. The molecule has 20 heavy (non-hydrogen) atoms. The van der Waals surface area contributed by atoms with Crippen molar-refractivity contribution in [2.75, 3.05) is 5.32 Å². The molecule has 0 aromatic heterocycles. The van der Waals surface area contributed by atoms with Crippen molar-refractivity contribution in [1.29, 1.82) is 0 Å². The van der Waals surface area contributed by atoms with Gasteiger partial charge in [0.05, 0.1) is 6.42 Å². The molecule has 1 amide bonds. The second-order valence-electron chi connectivity index (χ2n) is 4.18. The third-order valence-corrected chi connectivity index (χ3v) is 2.71. The Bertz CT molecular complexity index is 639. The van der Waals surface area contributed by atoms with Crippen LogP contribution < -0.4 is 5.32 Å². The number of carbonyl (C=O) groups excluding carboxylic acids is 2. The van der Waals surface area contributed by atoms with Crippen LogP contribution in [0.2, 0.25) is 0 Å². The molecule has 2 rings (SSSR count). The van der Waals surface area contributed by atoms with Crippen LogP contribution in [0.15, 0.2) is 42.5 Å². The minimum atomic E-state index is -1.01. The standard InChI is InChI=1S/C15H11F2NO2/c16-13-3-1-2-11(15(13)17)8-14(20)18-12-6-4-10(9-19)5-7-12/h1-7,9H,8H2,(H,18,20). The van der Waals surface area contributed by atoms with E-state index in [4.69, 9.17) is 0 Å². The molecule has 0 heterocycles. The third kappa shape index (κ3) is 3.26. The zero-order valence-electron chi connectivity index (χ0n) is 10.4. The lowest BCUT2D eigenvalue weighted by Crippen LogP contribution is -2.15. The van der Waals surface area contributed by atoms with Gasteiger partial charge in [0.1, 0.15) is 6.29 Å². The van der Waals surface area contributed by atoms with Crippen molar-refractivity contribution in [2.24, 2.45) is 0 Å². The molecule has 0 bridgehead atoms. The number of hydrogen-bond donors (Lipinski definition) is 1. The predicted molar refractivity (Wildman–Crippen MR) is 70.5 cm³/mol. The Morgan fingerprint density at radius 3 is 2.45 bits per heavy atom. The zero-order valence-corrected chi connectivity index (χ0v) is 10.4. The van der Waals surface area contributed by atoms with E-state index >= 15 is 0 Å². The van der Waals surface area contributed by atoms with Crippen molar-refractivity contribution in [3.63, 3.8) is 0 Å². The van der Waals surface area contributed by atoms with Gasteiger partial charge in [-0.1, -0.05) is 12.1 Å². The molecule has 0 spiro atoms. The number of amides is 1. The van der Waals surface area contributed by atoms with Crippen LogP contribution in [-0.2, 0) is 11.2 Å². The molecule has 0 saturated heterocycles. The van der Waals surface area contributed by atoms with Crippen molar-refractivity contribution in [1.82, 2.24) is 0 Å². The summed E-state index contributed by atoms with van der Waals surface area (Å²) in [4.78, 5) is 22.2. The van der Waals surface area contributed by atoms with Gasteiger partial charge >= 0.3 is 0 Å². The van der Waals surface area contributed by atoms with Crippen LogP contribution in [-0.4, -0.2) is 12.2 Å². The molecule has 0 atom stereocenters. The molecule has 0 aliphatic heterocycles. The maximum absolute atomic E-state index is 13.4.